The molecular formula is C47H76N10O12. The number of primary amides is 1. The molecule has 1 aromatic carbocycles. The number of phenolic OH excluding ortho intramolecular Hbond substituents is 1. The highest BCUT2D eigenvalue weighted by Gasteiger charge is 2.40. The summed E-state index contributed by atoms with van der Waals surface area (Å²) in [5.74, 6) is -8.83. The lowest BCUT2D eigenvalue weighted by Gasteiger charge is -2.31. The molecule has 1 fully saturated rings. The maximum absolute atomic E-state index is 14.2. The third-order valence-corrected chi connectivity index (χ3v) is 11.3. The van der Waals surface area contributed by atoms with Crippen LogP contribution in [0.5, 0.6) is 5.75 Å². The van der Waals surface area contributed by atoms with E-state index in [1.54, 1.807) is 39.8 Å². The summed E-state index contributed by atoms with van der Waals surface area (Å²) in [5.41, 5.74) is 12.2. The van der Waals surface area contributed by atoms with Crippen LogP contribution in [-0.2, 0) is 54.4 Å². The number of carbonyl (C=O) groups excluding carboxylic acids is 9. The Hall–Kier alpha value is -6.32. The van der Waals surface area contributed by atoms with Crippen LogP contribution in [-0.4, -0.2) is 135 Å². The molecule has 0 radical (unpaired) electrons. The summed E-state index contributed by atoms with van der Waals surface area (Å²) < 4.78 is 0. The number of carboxylic acid groups (broad SMARTS) is 1. The molecule has 22 nitrogen and oxygen atoms in total. The van der Waals surface area contributed by atoms with Crippen molar-refractivity contribution in [3.8, 4) is 5.75 Å². The third kappa shape index (κ3) is 19.7. The molecule has 22 heteroatoms. The molecule has 1 aliphatic heterocycles. The van der Waals surface area contributed by atoms with Gasteiger partial charge in [-0.15, -0.1) is 0 Å². The second kappa shape index (κ2) is 27.6. The van der Waals surface area contributed by atoms with Crippen LogP contribution in [0.25, 0.3) is 0 Å². The van der Waals surface area contributed by atoms with Gasteiger partial charge in [-0.05, 0) is 93.7 Å². The molecule has 1 aromatic rings. The molecule has 0 unspecified atom stereocenters. The van der Waals surface area contributed by atoms with Crippen molar-refractivity contribution in [1.82, 2.24) is 42.1 Å². The van der Waals surface area contributed by atoms with Crippen molar-refractivity contribution in [3.63, 3.8) is 0 Å². The summed E-state index contributed by atoms with van der Waals surface area (Å²) in [5, 5.41) is 37.0. The Bertz CT molecular complexity index is 1980. The first kappa shape index (κ1) is 58.8. The fourth-order valence-corrected chi connectivity index (χ4v) is 7.66. The van der Waals surface area contributed by atoms with E-state index < -0.39 is 126 Å². The summed E-state index contributed by atoms with van der Waals surface area (Å²) in [4.78, 5) is 134. The maximum atomic E-state index is 14.2. The Labute approximate surface area is 404 Å². The quantitative estimate of drug-likeness (QED) is 0.0528. The van der Waals surface area contributed by atoms with Gasteiger partial charge in [-0.3, -0.25) is 43.2 Å². The number of benzene rings is 1. The lowest BCUT2D eigenvalue weighted by Crippen LogP contribution is -2.60. The van der Waals surface area contributed by atoms with Gasteiger partial charge in [0.1, 0.15) is 54.1 Å². The van der Waals surface area contributed by atoms with Crippen molar-refractivity contribution in [3.05, 3.63) is 29.8 Å². The molecule has 0 bridgehead atoms. The number of aliphatic carboxylic acids is 1. The number of nitrogens with one attached hydrogen (secondary N) is 7. The van der Waals surface area contributed by atoms with E-state index in [0.29, 0.717) is 12.0 Å². The zero-order valence-corrected chi connectivity index (χ0v) is 41.6. The standard InChI is InChI=1S/C47H76N10O12/c1-23(2)18-32(44(65)55-35(20-25(5)6)46(67)57-17-11-12-36(57)45(66)51-28(10)40(61)56-38(26(7)8)47(68)69)52-39(60)27(9)50-42(63)34(22-37(49)59)54-43(64)33(19-24(3)4)53-41(62)31(48)21-29-13-15-30(58)16-14-29/h13-16,23-28,31-36,38,58H,11-12,17-22,48H2,1-10H3,(H2,49,59)(H,50,63)(H,51,66)(H,52,60)(H,53,62)(H,54,64)(H,55,65)(H,56,61)(H,68,69)/t27-,28-,31-,32-,33-,34-,35-,36-,38-/m0/s1. The number of rotatable bonds is 27. The highest BCUT2D eigenvalue weighted by molar-refractivity contribution is 5.99. The van der Waals surface area contributed by atoms with Gasteiger partial charge in [0.25, 0.3) is 0 Å². The molecule has 69 heavy (non-hydrogen) atoms. The number of hydrogen-bond acceptors (Lipinski definition) is 12. The van der Waals surface area contributed by atoms with Gasteiger partial charge in [0.05, 0.1) is 12.5 Å². The number of aromatic hydroxyl groups is 1. The predicted molar refractivity (Wildman–Crippen MR) is 254 cm³/mol. The molecule has 13 N–H and O–H groups in total. The van der Waals surface area contributed by atoms with E-state index in [-0.39, 0.29) is 62.2 Å². The summed E-state index contributed by atoms with van der Waals surface area (Å²) in [7, 11) is 0. The van der Waals surface area contributed by atoms with Gasteiger partial charge in [0.15, 0.2) is 0 Å². The van der Waals surface area contributed by atoms with E-state index in [1.165, 1.54) is 30.9 Å². The molecule has 1 heterocycles. The Morgan fingerprint density at radius 3 is 1.55 bits per heavy atom. The number of carboxylic acids is 1. The SMILES string of the molecule is CC(C)C[C@H](NC(=O)[C@H](C)NC(=O)[C@H](CC(N)=O)NC(=O)[C@H](CC(C)C)NC(=O)[C@@H](N)Cc1ccc(O)cc1)C(=O)N[C@@H](CC(C)C)C(=O)N1CCC[C@H]1C(=O)N[C@@H](C)C(=O)N[C@H](C(=O)O)C(C)C. The highest BCUT2D eigenvalue weighted by atomic mass is 16.4. The van der Waals surface area contributed by atoms with Crippen molar-refractivity contribution < 1.29 is 58.2 Å². The van der Waals surface area contributed by atoms with Gasteiger partial charge in [0, 0.05) is 6.54 Å². The zero-order valence-electron chi connectivity index (χ0n) is 41.6. The number of carbonyl (C=O) groups is 10. The Morgan fingerprint density at radius 1 is 0.609 bits per heavy atom. The fraction of sp³-hybridized carbons (Fsp3) is 0.660. The minimum atomic E-state index is -1.58. The topological polar surface area (TPSA) is 351 Å². The van der Waals surface area contributed by atoms with E-state index in [1.807, 2.05) is 27.7 Å². The molecule has 0 aromatic heterocycles. The predicted octanol–water partition coefficient (Wildman–Crippen LogP) is -0.559. The van der Waals surface area contributed by atoms with Crippen molar-refractivity contribution in [2.45, 2.75) is 169 Å². The van der Waals surface area contributed by atoms with Crippen molar-refractivity contribution in [2.24, 2.45) is 35.1 Å². The van der Waals surface area contributed by atoms with Gasteiger partial charge in [-0.1, -0.05) is 67.5 Å². The molecule has 0 aliphatic carbocycles. The number of amides is 9. The van der Waals surface area contributed by atoms with Crippen molar-refractivity contribution >= 4 is 59.1 Å². The number of hydrogen-bond donors (Lipinski definition) is 11. The first-order valence-corrected chi connectivity index (χ1v) is 23.6. The average molecular weight is 973 g/mol. The minimum Gasteiger partial charge on any atom is -0.508 e. The first-order valence-electron chi connectivity index (χ1n) is 23.6. The average Bonchev–Trinajstić information content (AvgIpc) is 3.74. The molecule has 1 saturated heterocycles. The van der Waals surface area contributed by atoms with E-state index in [4.69, 9.17) is 11.5 Å². The monoisotopic (exact) mass is 973 g/mol. The van der Waals surface area contributed by atoms with Crippen LogP contribution in [0.3, 0.4) is 0 Å². The number of nitrogens with two attached hydrogens (primary N) is 2. The minimum absolute atomic E-state index is 0.0350. The van der Waals surface area contributed by atoms with E-state index >= 15 is 0 Å². The van der Waals surface area contributed by atoms with Crippen LogP contribution >= 0.6 is 0 Å². The first-order chi connectivity index (χ1) is 32.1. The molecule has 0 spiro atoms. The zero-order chi connectivity index (χ0) is 52.4. The Balaban J connectivity index is 2.20. The molecule has 1 aliphatic rings. The van der Waals surface area contributed by atoms with Gasteiger partial charge in [0.2, 0.25) is 53.2 Å². The number of nitrogens with zero attached hydrogens (tertiary/aromatic N) is 1. The van der Waals surface area contributed by atoms with Crippen LogP contribution in [0, 0.1) is 23.7 Å². The normalized spacial score (nSPS) is 17.1. The second-order valence-electron chi connectivity index (χ2n) is 19.5. The van der Waals surface area contributed by atoms with Crippen LogP contribution in [0.15, 0.2) is 24.3 Å². The van der Waals surface area contributed by atoms with Crippen LogP contribution in [0.1, 0.15) is 113 Å². The van der Waals surface area contributed by atoms with Gasteiger partial charge >= 0.3 is 5.97 Å². The fourth-order valence-electron chi connectivity index (χ4n) is 7.66. The Kier molecular flexibility index (Phi) is 23.5. The van der Waals surface area contributed by atoms with Gasteiger partial charge < -0.3 is 63.8 Å². The van der Waals surface area contributed by atoms with Crippen LogP contribution in [0.2, 0.25) is 0 Å². The van der Waals surface area contributed by atoms with Crippen LogP contribution in [0.4, 0.5) is 0 Å². The molecule has 386 valence electrons. The third-order valence-electron chi connectivity index (χ3n) is 11.3. The van der Waals surface area contributed by atoms with Crippen LogP contribution < -0.4 is 48.7 Å². The molecule has 9 amide bonds. The maximum Gasteiger partial charge on any atom is 0.326 e. The highest BCUT2D eigenvalue weighted by Crippen LogP contribution is 2.21. The van der Waals surface area contributed by atoms with Gasteiger partial charge in [-0.25, -0.2) is 4.79 Å². The molecule has 9 atom stereocenters. The largest absolute Gasteiger partial charge is 0.508 e. The van der Waals surface area contributed by atoms with Gasteiger partial charge in [-0.2, -0.15) is 0 Å². The number of phenols is 1. The van der Waals surface area contributed by atoms with E-state index in [2.05, 4.69) is 37.2 Å². The lowest BCUT2D eigenvalue weighted by atomic mass is 9.99. The summed E-state index contributed by atoms with van der Waals surface area (Å²) in [6, 6.07) is -4.72. The van der Waals surface area contributed by atoms with E-state index in [0.717, 1.165) is 0 Å². The smallest absolute Gasteiger partial charge is 0.326 e. The molecular weight excluding hydrogens is 897 g/mol. The Morgan fingerprint density at radius 2 is 1.06 bits per heavy atom. The summed E-state index contributed by atoms with van der Waals surface area (Å²) in [6.45, 7) is 17.1. The van der Waals surface area contributed by atoms with E-state index in [9.17, 15) is 58.2 Å². The molecule has 0 saturated carbocycles. The molecule has 2 rings (SSSR count). The van der Waals surface area contributed by atoms with Crippen molar-refractivity contribution in [1.29, 1.82) is 0 Å². The lowest BCUT2D eigenvalue weighted by molar-refractivity contribution is -0.144. The number of likely N-dealkylation sites (tertiary alicyclic amines) is 1. The van der Waals surface area contributed by atoms with Crippen molar-refractivity contribution in [2.75, 3.05) is 6.54 Å². The summed E-state index contributed by atoms with van der Waals surface area (Å²) >= 11 is 0. The second-order valence-corrected chi connectivity index (χ2v) is 19.5. The summed E-state index contributed by atoms with van der Waals surface area (Å²) in [6.07, 6.45) is 0.538.